The van der Waals surface area contributed by atoms with Gasteiger partial charge in [-0.15, -0.1) is 21.5 Å². The van der Waals surface area contributed by atoms with Gasteiger partial charge < -0.3 is 15.0 Å². The number of ether oxygens (including phenoxy) is 1. The second-order valence-electron chi connectivity index (χ2n) is 5.84. The lowest BCUT2D eigenvalue weighted by Crippen LogP contribution is -2.36. The SMILES string of the molecule is COCCN(CCC(=O)Nc1nnc(-c2ccccc2)s1)C(=O)c1cccs1. The first-order chi connectivity index (χ1) is 13.7. The van der Waals surface area contributed by atoms with Crippen molar-refractivity contribution in [2.45, 2.75) is 6.42 Å². The van der Waals surface area contributed by atoms with Crippen molar-refractivity contribution in [1.82, 2.24) is 15.1 Å². The monoisotopic (exact) mass is 416 g/mol. The lowest BCUT2D eigenvalue weighted by atomic mass is 10.2. The van der Waals surface area contributed by atoms with Crippen LogP contribution in [0.15, 0.2) is 47.8 Å². The van der Waals surface area contributed by atoms with E-state index in [-0.39, 0.29) is 18.2 Å². The van der Waals surface area contributed by atoms with E-state index in [1.165, 1.54) is 22.7 Å². The number of rotatable bonds is 9. The van der Waals surface area contributed by atoms with Gasteiger partial charge in [0.05, 0.1) is 11.5 Å². The molecule has 0 radical (unpaired) electrons. The largest absolute Gasteiger partial charge is 0.383 e. The summed E-state index contributed by atoms with van der Waals surface area (Å²) in [6.07, 6.45) is 0.168. The Morgan fingerprint density at radius 3 is 2.64 bits per heavy atom. The predicted octanol–water partition coefficient (Wildman–Crippen LogP) is 3.38. The van der Waals surface area contributed by atoms with Crippen molar-refractivity contribution < 1.29 is 14.3 Å². The fourth-order valence-electron chi connectivity index (χ4n) is 2.46. The van der Waals surface area contributed by atoms with Gasteiger partial charge in [0.15, 0.2) is 0 Å². The van der Waals surface area contributed by atoms with E-state index in [1.807, 2.05) is 41.8 Å². The Labute approximate surface area is 171 Å². The van der Waals surface area contributed by atoms with Crippen molar-refractivity contribution in [2.24, 2.45) is 0 Å². The highest BCUT2D eigenvalue weighted by Gasteiger charge is 2.18. The van der Waals surface area contributed by atoms with Crippen LogP contribution in [0.4, 0.5) is 5.13 Å². The number of hydrogen-bond donors (Lipinski definition) is 1. The van der Waals surface area contributed by atoms with E-state index in [2.05, 4.69) is 15.5 Å². The van der Waals surface area contributed by atoms with Crippen LogP contribution in [0.5, 0.6) is 0 Å². The van der Waals surface area contributed by atoms with Crippen LogP contribution in [0.25, 0.3) is 10.6 Å². The summed E-state index contributed by atoms with van der Waals surface area (Å²) < 4.78 is 5.08. The first-order valence-corrected chi connectivity index (χ1v) is 10.4. The maximum atomic E-state index is 12.6. The van der Waals surface area contributed by atoms with Crippen molar-refractivity contribution in [3.05, 3.63) is 52.7 Å². The predicted molar refractivity (Wildman–Crippen MR) is 111 cm³/mol. The smallest absolute Gasteiger partial charge is 0.264 e. The fourth-order valence-corrected chi connectivity index (χ4v) is 3.92. The molecule has 0 unspecified atom stereocenters. The lowest BCUT2D eigenvalue weighted by Gasteiger charge is -2.21. The van der Waals surface area contributed by atoms with E-state index in [4.69, 9.17) is 4.74 Å². The molecule has 3 rings (SSSR count). The quantitative estimate of drug-likeness (QED) is 0.578. The second-order valence-corrected chi connectivity index (χ2v) is 7.76. The number of aromatic nitrogens is 2. The van der Waals surface area contributed by atoms with Crippen LogP contribution >= 0.6 is 22.7 Å². The lowest BCUT2D eigenvalue weighted by molar-refractivity contribution is -0.116. The van der Waals surface area contributed by atoms with Crippen LogP contribution < -0.4 is 5.32 Å². The molecule has 2 heterocycles. The minimum Gasteiger partial charge on any atom is -0.383 e. The molecule has 0 aliphatic heterocycles. The standard InChI is InChI=1S/C19H20N4O3S2/c1-26-12-11-23(18(25)15-8-5-13-27-15)10-9-16(24)20-19-22-21-17(28-19)14-6-3-2-4-7-14/h2-8,13H,9-12H2,1H3,(H,20,22,24). The zero-order valence-corrected chi connectivity index (χ0v) is 17.0. The zero-order chi connectivity index (χ0) is 19.8. The van der Waals surface area contributed by atoms with Gasteiger partial charge in [-0.3, -0.25) is 9.59 Å². The highest BCUT2D eigenvalue weighted by molar-refractivity contribution is 7.18. The van der Waals surface area contributed by atoms with Gasteiger partial charge in [0, 0.05) is 32.2 Å². The van der Waals surface area contributed by atoms with Gasteiger partial charge in [-0.25, -0.2) is 0 Å². The fraction of sp³-hybridized carbons (Fsp3) is 0.263. The van der Waals surface area contributed by atoms with Crippen LogP contribution in [0, 0.1) is 0 Å². The molecule has 28 heavy (non-hydrogen) atoms. The molecule has 2 aromatic heterocycles. The molecule has 9 heteroatoms. The van der Waals surface area contributed by atoms with Crippen molar-refractivity contribution in [2.75, 3.05) is 32.1 Å². The van der Waals surface area contributed by atoms with E-state index < -0.39 is 0 Å². The average molecular weight is 417 g/mol. The molecule has 1 N–H and O–H groups in total. The summed E-state index contributed by atoms with van der Waals surface area (Å²) in [5.41, 5.74) is 0.952. The molecule has 1 aromatic carbocycles. The second kappa shape index (κ2) is 10.1. The first-order valence-electron chi connectivity index (χ1n) is 8.68. The van der Waals surface area contributed by atoms with Crippen LogP contribution in [0.3, 0.4) is 0 Å². The number of nitrogens with zero attached hydrogens (tertiary/aromatic N) is 3. The molecule has 146 valence electrons. The van der Waals surface area contributed by atoms with E-state index in [0.717, 1.165) is 10.6 Å². The number of nitrogens with one attached hydrogen (secondary N) is 1. The third-order valence-electron chi connectivity index (χ3n) is 3.89. The van der Waals surface area contributed by atoms with Gasteiger partial charge >= 0.3 is 0 Å². The first kappa shape index (κ1) is 20.1. The molecule has 0 fully saturated rings. The van der Waals surface area contributed by atoms with Crippen molar-refractivity contribution in [3.63, 3.8) is 0 Å². The molecule has 0 saturated carbocycles. The number of carbonyl (C=O) groups is 2. The number of amides is 2. The highest BCUT2D eigenvalue weighted by atomic mass is 32.1. The molecule has 2 amide bonds. The summed E-state index contributed by atoms with van der Waals surface area (Å²) in [5, 5.41) is 13.9. The summed E-state index contributed by atoms with van der Waals surface area (Å²) in [4.78, 5) is 27.2. The third kappa shape index (κ3) is 5.44. The Balaban J connectivity index is 1.56. The summed E-state index contributed by atoms with van der Waals surface area (Å²) in [6.45, 7) is 1.14. The molecular formula is C19H20N4O3S2. The van der Waals surface area contributed by atoms with Crippen LogP contribution in [-0.4, -0.2) is 53.7 Å². The minimum atomic E-state index is -0.211. The van der Waals surface area contributed by atoms with Gasteiger partial charge in [0.1, 0.15) is 5.01 Å². The number of anilines is 1. The summed E-state index contributed by atoms with van der Waals surface area (Å²) in [6, 6.07) is 13.3. The van der Waals surface area contributed by atoms with Gasteiger partial charge in [-0.05, 0) is 11.4 Å². The van der Waals surface area contributed by atoms with Gasteiger partial charge in [0.25, 0.3) is 5.91 Å². The maximum Gasteiger partial charge on any atom is 0.264 e. The summed E-state index contributed by atoms with van der Waals surface area (Å²) in [7, 11) is 1.58. The van der Waals surface area contributed by atoms with Gasteiger partial charge in [-0.2, -0.15) is 0 Å². The minimum absolute atomic E-state index is 0.0953. The van der Waals surface area contributed by atoms with Crippen LogP contribution in [0.2, 0.25) is 0 Å². The van der Waals surface area contributed by atoms with E-state index in [0.29, 0.717) is 29.7 Å². The summed E-state index contributed by atoms with van der Waals surface area (Å²) >= 11 is 2.69. The molecule has 3 aromatic rings. The van der Waals surface area contributed by atoms with E-state index >= 15 is 0 Å². The molecular weight excluding hydrogens is 396 g/mol. The molecule has 0 saturated heterocycles. The molecule has 7 nitrogen and oxygen atoms in total. The van der Waals surface area contributed by atoms with Crippen molar-refractivity contribution in [1.29, 1.82) is 0 Å². The molecule has 0 bridgehead atoms. The topological polar surface area (TPSA) is 84.4 Å². The molecule has 0 aliphatic rings. The Kier molecular flexibility index (Phi) is 7.24. The Bertz CT molecular complexity index is 897. The number of thiophene rings is 1. The highest BCUT2D eigenvalue weighted by Crippen LogP contribution is 2.25. The van der Waals surface area contributed by atoms with Gasteiger partial charge in [0.2, 0.25) is 11.0 Å². The van der Waals surface area contributed by atoms with E-state index in [1.54, 1.807) is 18.1 Å². The van der Waals surface area contributed by atoms with E-state index in [9.17, 15) is 9.59 Å². The molecule has 0 aliphatic carbocycles. The van der Waals surface area contributed by atoms with Crippen LogP contribution in [-0.2, 0) is 9.53 Å². The third-order valence-corrected chi connectivity index (χ3v) is 5.63. The normalized spacial score (nSPS) is 10.6. The Morgan fingerprint density at radius 1 is 1.11 bits per heavy atom. The van der Waals surface area contributed by atoms with Crippen LogP contribution in [0.1, 0.15) is 16.1 Å². The number of carbonyl (C=O) groups excluding carboxylic acids is 2. The zero-order valence-electron chi connectivity index (χ0n) is 15.3. The molecule has 0 atom stereocenters. The van der Waals surface area contributed by atoms with Crippen molar-refractivity contribution >= 4 is 39.6 Å². The number of methoxy groups -OCH3 is 1. The Morgan fingerprint density at radius 2 is 1.93 bits per heavy atom. The Hall–Kier alpha value is -2.62. The maximum absolute atomic E-state index is 12.6. The summed E-state index contributed by atoms with van der Waals surface area (Å²) in [5.74, 6) is -0.306. The van der Waals surface area contributed by atoms with Gasteiger partial charge in [-0.1, -0.05) is 47.7 Å². The number of benzene rings is 1. The average Bonchev–Trinajstić information content (AvgIpc) is 3.40. The number of hydrogen-bond acceptors (Lipinski definition) is 7. The molecule has 0 spiro atoms. The van der Waals surface area contributed by atoms with Crippen molar-refractivity contribution in [3.8, 4) is 10.6 Å².